The number of alkyl halides is 1. The minimum atomic E-state index is -0.478. The second kappa shape index (κ2) is 6.87. The van der Waals surface area contributed by atoms with Crippen LogP contribution < -0.4 is 5.32 Å². The lowest BCUT2D eigenvalue weighted by Crippen LogP contribution is -2.43. The van der Waals surface area contributed by atoms with E-state index in [9.17, 15) is 4.79 Å². The molecule has 1 aliphatic heterocycles. The van der Waals surface area contributed by atoms with Crippen molar-refractivity contribution in [2.24, 2.45) is 0 Å². The Hall–Kier alpha value is -0.910. The van der Waals surface area contributed by atoms with Gasteiger partial charge in [-0.3, -0.25) is 4.79 Å². The molecule has 2 rings (SSSR count). The molecule has 0 radical (unpaired) electrons. The zero-order valence-corrected chi connectivity index (χ0v) is 11.6. The lowest BCUT2D eigenvalue weighted by atomic mass is 10.1. The van der Waals surface area contributed by atoms with Crippen molar-refractivity contribution in [3.63, 3.8) is 0 Å². The number of carbonyl (C=O) groups is 1. The van der Waals surface area contributed by atoms with Crippen molar-refractivity contribution in [3.05, 3.63) is 35.9 Å². The summed E-state index contributed by atoms with van der Waals surface area (Å²) in [5.41, 5.74) is 1.14. The van der Waals surface area contributed by atoms with Crippen LogP contribution in [0.25, 0.3) is 0 Å². The fourth-order valence-electron chi connectivity index (χ4n) is 1.72. The Labute approximate surface area is 115 Å². The van der Waals surface area contributed by atoms with Gasteiger partial charge < -0.3 is 14.8 Å². The van der Waals surface area contributed by atoms with Crippen LogP contribution in [0.2, 0.25) is 0 Å². The first kappa shape index (κ1) is 13.5. The molecule has 1 aliphatic rings. The van der Waals surface area contributed by atoms with Crippen molar-refractivity contribution in [1.82, 2.24) is 5.32 Å². The van der Waals surface area contributed by atoms with Crippen molar-refractivity contribution in [2.75, 3.05) is 26.4 Å². The number of nitrogens with one attached hydrogen (secondary N) is 1. The third-order valence-electron chi connectivity index (χ3n) is 2.73. The van der Waals surface area contributed by atoms with E-state index in [2.05, 4.69) is 21.2 Å². The van der Waals surface area contributed by atoms with Gasteiger partial charge in [0, 0.05) is 6.54 Å². The summed E-state index contributed by atoms with van der Waals surface area (Å²) >= 11 is 3.55. The molecule has 0 aliphatic carbocycles. The molecule has 18 heavy (non-hydrogen) atoms. The molecule has 0 spiro atoms. The van der Waals surface area contributed by atoms with Gasteiger partial charge in [0.05, 0.1) is 24.6 Å². The monoisotopic (exact) mass is 313 g/mol. The Balaban J connectivity index is 1.78. The fraction of sp³-hybridized carbons (Fsp3) is 0.462. The summed E-state index contributed by atoms with van der Waals surface area (Å²) in [6.07, 6.45) is -0.478. The lowest BCUT2D eigenvalue weighted by Gasteiger charge is -2.22. The number of halogens is 1. The van der Waals surface area contributed by atoms with Gasteiger partial charge >= 0.3 is 0 Å². The highest BCUT2D eigenvalue weighted by Gasteiger charge is 2.22. The van der Waals surface area contributed by atoms with E-state index in [0.717, 1.165) is 5.56 Å². The molecule has 4 nitrogen and oxygen atoms in total. The summed E-state index contributed by atoms with van der Waals surface area (Å²) in [4.78, 5) is 11.9. The average molecular weight is 314 g/mol. The number of carbonyl (C=O) groups excluding carboxylic acids is 1. The minimum Gasteiger partial charge on any atom is -0.376 e. The van der Waals surface area contributed by atoms with Crippen LogP contribution in [0.4, 0.5) is 0 Å². The van der Waals surface area contributed by atoms with Crippen LogP contribution in [0.3, 0.4) is 0 Å². The molecule has 1 N–H and O–H groups in total. The second-order valence-corrected chi connectivity index (χ2v) is 5.16. The van der Waals surface area contributed by atoms with Crippen LogP contribution in [0.1, 0.15) is 10.4 Å². The number of hydrogen-bond acceptors (Lipinski definition) is 3. The number of amides is 1. The summed E-state index contributed by atoms with van der Waals surface area (Å²) in [6, 6.07) is 9.96. The average Bonchev–Trinajstić information content (AvgIpc) is 2.46. The first-order valence-electron chi connectivity index (χ1n) is 5.93. The first-order valence-corrected chi connectivity index (χ1v) is 6.85. The van der Waals surface area contributed by atoms with Crippen molar-refractivity contribution in [1.29, 1.82) is 0 Å². The largest absolute Gasteiger partial charge is 0.376 e. The maximum absolute atomic E-state index is 11.8. The van der Waals surface area contributed by atoms with Crippen LogP contribution in [0.15, 0.2) is 30.3 Å². The normalized spacial score (nSPS) is 21.3. The van der Waals surface area contributed by atoms with Crippen molar-refractivity contribution in [3.8, 4) is 0 Å². The van der Waals surface area contributed by atoms with E-state index in [4.69, 9.17) is 9.47 Å². The summed E-state index contributed by atoms with van der Waals surface area (Å²) in [5.74, 6) is -0.116. The van der Waals surface area contributed by atoms with E-state index < -0.39 is 6.10 Å². The van der Waals surface area contributed by atoms with E-state index in [-0.39, 0.29) is 10.7 Å². The predicted molar refractivity (Wildman–Crippen MR) is 71.7 cm³/mol. The Morgan fingerprint density at radius 2 is 2.17 bits per heavy atom. The molecule has 1 amide bonds. The molecule has 1 aromatic carbocycles. The third-order valence-corrected chi connectivity index (χ3v) is 3.58. The highest BCUT2D eigenvalue weighted by Crippen LogP contribution is 2.21. The minimum absolute atomic E-state index is 0.104. The molecule has 1 heterocycles. The predicted octanol–water partition coefficient (Wildman–Crippen LogP) is 1.65. The van der Waals surface area contributed by atoms with Gasteiger partial charge in [0.15, 0.2) is 6.10 Å². The number of ether oxygens (including phenoxy) is 2. The molecule has 0 aromatic heterocycles. The number of benzene rings is 1. The molecule has 98 valence electrons. The summed E-state index contributed by atoms with van der Waals surface area (Å²) < 4.78 is 10.5. The smallest absolute Gasteiger partial charge is 0.251 e. The Morgan fingerprint density at radius 1 is 1.39 bits per heavy atom. The molecule has 2 atom stereocenters. The summed E-state index contributed by atoms with van der Waals surface area (Å²) in [5, 5.41) is 2.86. The van der Waals surface area contributed by atoms with Gasteiger partial charge in [-0.25, -0.2) is 0 Å². The quantitative estimate of drug-likeness (QED) is 0.860. The van der Waals surface area contributed by atoms with E-state index in [1.807, 2.05) is 30.3 Å². The van der Waals surface area contributed by atoms with Crippen LogP contribution in [-0.2, 0) is 14.3 Å². The van der Waals surface area contributed by atoms with Crippen molar-refractivity contribution in [2.45, 2.75) is 10.9 Å². The van der Waals surface area contributed by atoms with Gasteiger partial charge in [-0.15, -0.1) is 0 Å². The Kier molecular flexibility index (Phi) is 5.16. The van der Waals surface area contributed by atoms with Crippen LogP contribution in [-0.4, -0.2) is 38.4 Å². The molecule has 0 bridgehead atoms. The Morgan fingerprint density at radius 3 is 2.83 bits per heavy atom. The van der Waals surface area contributed by atoms with Crippen LogP contribution in [0, 0.1) is 0 Å². The highest BCUT2D eigenvalue weighted by molar-refractivity contribution is 9.09. The SMILES string of the molecule is O=C(NCC(Br)c1ccccc1)C1COCCO1. The molecule has 5 heteroatoms. The Bertz CT molecular complexity index is 379. The molecular formula is C13H16BrNO3. The van der Waals surface area contributed by atoms with Crippen LogP contribution >= 0.6 is 15.9 Å². The van der Waals surface area contributed by atoms with Gasteiger partial charge in [-0.2, -0.15) is 0 Å². The third kappa shape index (κ3) is 3.80. The molecule has 0 saturated carbocycles. The number of hydrogen-bond donors (Lipinski definition) is 1. The van der Waals surface area contributed by atoms with Gasteiger partial charge in [-0.1, -0.05) is 46.3 Å². The number of rotatable bonds is 4. The van der Waals surface area contributed by atoms with E-state index in [0.29, 0.717) is 26.4 Å². The lowest BCUT2D eigenvalue weighted by molar-refractivity contribution is -0.147. The van der Waals surface area contributed by atoms with E-state index in [1.54, 1.807) is 0 Å². The molecule has 1 aromatic rings. The molecule has 2 unspecified atom stereocenters. The zero-order valence-electron chi connectivity index (χ0n) is 9.97. The standard InChI is InChI=1S/C13H16BrNO3/c14-11(10-4-2-1-3-5-10)8-15-13(16)12-9-17-6-7-18-12/h1-5,11-12H,6-9H2,(H,15,16). The van der Waals surface area contributed by atoms with Crippen molar-refractivity contribution >= 4 is 21.8 Å². The first-order chi connectivity index (χ1) is 8.77. The van der Waals surface area contributed by atoms with E-state index >= 15 is 0 Å². The molecule has 1 fully saturated rings. The van der Waals surface area contributed by atoms with Gasteiger partial charge in [0.25, 0.3) is 5.91 Å². The second-order valence-electron chi connectivity index (χ2n) is 4.06. The maximum atomic E-state index is 11.8. The fourth-order valence-corrected chi connectivity index (χ4v) is 2.19. The highest BCUT2D eigenvalue weighted by atomic mass is 79.9. The topological polar surface area (TPSA) is 47.6 Å². The van der Waals surface area contributed by atoms with Gasteiger partial charge in [0.1, 0.15) is 0 Å². The van der Waals surface area contributed by atoms with Crippen molar-refractivity contribution < 1.29 is 14.3 Å². The zero-order chi connectivity index (χ0) is 12.8. The van der Waals surface area contributed by atoms with E-state index in [1.165, 1.54) is 0 Å². The van der Waals surface area contributed by atoms with Crippen LogP contribution in [0.5, 0.6) is 0 Å². The summed E-state index contributed by atoms with van der Waals surface area (Å²) in [6.45, 7) is 1.91. The molecule has 1 saturated heterocycles. The van der Waals surface area contributed by atoms with Gasteiger partial charge in [-0.05, 0) is 5.56 Å². The maximum Gasteiger partial charge on any atom is 0.251 e. The molecular weight excluding hydrogens is 298 g/mol. The summed E-state index contributed by atoms with van der Waals surface area (Å²) in [7, 11) is 0. The van der Waals surface area contributed by atoms with Gasteiger partial charge in [0.2, 0.25) is 0 Å².